The molecule has 0 fully saturated rings. The van der Waals surface area contributed by atoms with Crippen LogP contribution < -0.4 is 10.6 Å². The number of amides is 3. The minimum absolute atomic E-state index is 0.186. The van der Waals surface area contributed by atoms with Crippen LogP contribution in [0.5, 0.6) is 0 Å². The standard InChI is InChI=1S/C25H20F4N4O2/c1-33(2)23(34)15-3-9-18(20(26)12-15)14-4-10-21-19(11-14)22(13-30-21)32-24(35)31-17-7-5-16(6-8-17)25(27,28)29/h3-13,30H,1-2H3,(H2,31,32,35). The van der Waals surface area contributed by atoms with Crippen molar-refractivity contribution in [1.29, 1.82) is 0 Å². The second kappa shape index (κ2) is 9.13. The number of H-pyrrole nitrogens is 1. The molecule has 0 saturated heterocycles. The molecule has 4 aromatic rings. The van der Waals surface area contributed by atoms with Crippen molar-refractivity contribution in [2.45, 2.75) is 6.18 Å². The second-order valence-corrected chi connectivity index (χ2v) is 8.01. The Morgan fingerprint density at radius 2 is 1.63 bits per heavy atom. The van der Waals surface area contributed by atoms with Crippen LogP contribution in [0.1, 0.15) is 15.9 Å². The molecule has 3 aromatic carbocycles. The Kier molecular flexibility index (Phi) is 6.21. The van der Waals surface area contributed by atoms with Gasteiger partial charge in [0.15, 0.2) is 0 Å². The van der Waals surface area contributed by atoms with Gasteiger partial charge in [0.1, 0.15) is 5.82 Å². The zero-order valence-electron chi connectivity index (χ0n) is 18.6. The fraction of sp³-hybridized carbons (Fsp3) is 0.120. The Morgan fingerprint density at radius 3 is 2.26 bits per heavy atom. The summed E-state index contributed by atoms with van der Waals surface area (Å²) >= 11 is 0. The molecule has 1 heterocycles. The number of halogens is 4. The molecule has 3 amide bonds. The van der Waals surface area contributed by atoms with Gasteiger partial charge in [0.25, 0.3) is 5.91 Å². The quantitative estimate of drug-likeness (QED) is 0.296. The maximum absolute atomic E-state index is 14.8. The summed E-state index contributed by atoms with van der Waals surface area (Å²) in [5.74, 6) is -0.885. The molecule has 0 unspecified atom stereocenters. The number of carbonyl (C=O) groups excluding carboxylic acids is 2. The van der Waals surface area contributed by atoms with Crippen LogP contribution in [-0.2, 0) is 6.18 Å². The van der Waals surface area contributed by atoms with E-state index in [0.717, 1.165) is 24.3 Å². The Balaban J connectivity index is 1.55. The lowest BCUT2D eigenvalue weighted by molar-refractivity contribution is -0.137. The number of hydrogen-bond donors (Lipinski definition) is 3. The lowest BCUT2D eigenvalue weighted by atomic mass is 10.0. The summed E-state index contributed by atoms with van der Waals surface area (Å²) in [5, 5.41) is 5.71. The molecule has 4 rings (SSSR count). The highest BCUT2D eigenvalue weighted by Crippen LogP contribution is 2.32. The first-order chi connectivity index (χ1) is 16.5. The fourth-order valence-corrected chi connectivity index (χ4v) is 3.56. The Labute approximate surface area is 197 Å². The van der Waals surface area contributed by atoms with E-state index in [1.54, 1.807) is 44.6 Å². The number of nitrogens with one attached hydrogen (secondary N) is 3. The molecule has 0 aliphatic heterocycles. The molecule has 180 valence electrons. The van der Waals surface area contributed by atoms with Crippen molar-refractivity contribution >= 4 is 34.2 Å². The number of alkyl halides is 3. The number of aromatic nitrogens is 1. The zero-order chi connectivity index (χ0) is 25.3. The van der Waals surface area contributed by atoms with Crippen LogP contribution in [0, 0.1) is 5.82 Å². The molecular weight excluding hydrogens is 464 g/mol. The predicted octanol–water partition coefficient (Wildman–Crippen LogP) is 6.34. The molecular formula is C25H20F4N4O2. The van der Waals surface area contributed by atoms with Gasteiger partial charge < -0.3 is 20.5 Å². The fourth-order valence-electron chi connectivity index (χ4n) is 3.56. The van der Waals surface area contributed by atoms with E-state index in [-0.39, 0.29) is 22.7 Å². The Morgan fingerprint density at radius 1 is 0.914 bits per heavy atom. The van der Waals surface area contributed by atoms with Crippen molar-refractivity contribution in [1.82, 2.24) is 9.88 Å². The van der Waals surface area contributed by atoms with Gasteiger partial charge in [0.05, 0.1) is 11.3 Å². The molecule has 0 bridgehead atoms. The minimum atomic E-state index is -4.47. The van der Waals surface area contributed by atoms with Gasteiger partial charge in [-0.1, -0.05) is 12.1 Å². The van der Waals surface area contributed by atoms with E-state index in [2.05, 4.69) is 15.6 Å². The number of carbonyl (C=O) groups is 2. The lowest BCUT2D eigenvalue weighted by Gasteiger charge is -2.12. The van der Waals surface area contributed by atoms with Crippen LogP contribution in [0.4, 0.5) is 33.7 Å². The lowest BCUT2D eigenvalue weighted by Crippen LogP contribution is -2.21. The molecule has 35 heavy (non-hydrogen) atoms. The number of benzene rings is 3. The highest BCUT2D eigenvalue weighted by atomic mass is 19.4. The molecule has 0 spiro atoms. The van der Waals surface area contributed by atoms with Gasteiger partial charge in [-0.25, -0.2) is 9.18 Å². The number of urea groups is 1. The number of hydrogen-bond acceptors (Lipinski definition) is 2. The number of fused-ring (bicyclic) bond motifs is 1. The van der Waals surface area contributed by atoms with Crippen LogP contribution in [0.15, 0.2) is 66.9 Å². The van der Waals surface area contributed by atoms with Crippen molar-refractivity contribution in [3.8, 4) is 11.1 Å². The van der Waals surface area contributed by atoms with E-state index in [1.807, 2.05) is 0 Å². The molecule has 0 radical (unpaired) electrons. The molecule has 1 aromatic heterocycles. The molecule has 6 nitrogen and oxygen atoms in total. The molecule has 3 N–H and O–H groups in total. The van der Waals surface area contributed by atoms with Crippen molar-refractivity contribution in [2.24, 2.45) is 0 Å². The van der Waals surface area contributed by atoms with E-state index in [1.165, 1.54) is 17.0 Å². The third-order valence-electron chi connectivity index (χ3n) is 5.33. The van der Waals surface area contributed by atoms with Gasteiger partial charge in [0.2, 0.25) is 0 Å². The summed E-state index contributed by atoms with van der Waals surface area (Å²) in [5.41, 5.74) is 1.48. The van der Waals surface area contributed by atoms with Crippen LogP contribution in [-0.4, -0.2) is 35.9 Å². The molecule has 0 saturated carbocycles. The topological polar surface area (TPSA) is 77.2 Å². The number of aromatic amines is 1. The summed E-state index contributed by atoms with van der Waals surface area (Å²) < 4.78 is 52.9. The van der Waals surface area contributed by atoms with Gasteiger partial charge in [-0.05, 0) is 54.1 Å². The maximum atomic E-state index is 14.8. The zero-order valence-corrected chi connectivity index (χ0v) is 18.6. The van der Waals surface area contributed by atoms with Gasteiger partial charge >= 0.3 is 12.2 Å². The molecule has 0 aliphatic carbocycles. The third-order valence-corrected chi connectivity index (χ3v) is 5.33. The summed E-state index contributed by atoms with van der Waals surface area (Å²) in [6.07, 6.45) is -2.92. The van der Waals surface area contributed by atoms with Crippen molar-refractivity contribution in [3.63, 3.8) is 0 Å². The smallest absolute Gasteiger partial charge is 0.359 e. The number of anilines is 2. The van der Waals surface area contributed by atoms with Gasteiger partial charge in [-0.3, -0.25) is 4.79 Å². The first-order valence-electron chi connectivity index (χ1n) is 10.4. The van der Waals surface area contributed by atoms with Crippen molar-refractivity contribution in [2.75, 3.05) is 24.7 Å². The van der Waals surface area contributed by atoms with Crippen LogP contribution in [0.25, 0.3) is 22.0 Å². The predicted molar refractivity (Wildman–Crippen MR) is 126 cm³/mol. The van der Waals surface area contributed by atoms with Crippen LogP contribution >= 0.6 is 0 Å². The first-order valence-corrected chi connectivity index (χ1v) is 10.4. The van der Waals surface area contributed by atoms with Crippen LogP contribution in [0.2, 0.25) is 0 Å². The SMILES string of the molecule is CN(C)C(=O)c1ccc(-c2ccc3[nH]cc(NC(=O)Nc4ccc(C(F)(F)F)cc4)c3c2)c(F)c1. The summed E-state index contributed by atoms with van der Waals surface area (Å²) in [6.45, 7) is 0. The van der Waals surface area contributed by atoms with Crippen molar-refractivity contribution in [3.05, 3.63) is 83.8 Å². The Hall–Kier alpha value is -4.34. The first kappa shape index (κ1) is 23.8. The minimum Gasteiger partial charge on any atom is -0.359 e. The van der Waals surface area contributed by atoms with Crippen molar-refractivity contribution < 1.29 is 27.2 Å². The highest BCUT2D eigenvalue weighted by molar-refractivity contribution is 6.06. The van der Waals surface area contributed by atoms with Gasteiger partial charge in [-0.2, -0.15) is 13.2 Å². The van der Waals surface area contributed by atoms with Gasteiger partial charge in [0, 0.05) is 48.0 Å². The molecule has 0 aliphatic rings. The molecule has 0 atom stereocenters. The molecule has 10 heteroatoms. The summed E-state index contributed by atoms with van der Waals surface area (Å²) in [4.78, 5) is 28.9. The highest BCUT2D eigenvalue weighted by Gasteiger charge is 2.30. The third kappa shape index (κ3) is 5.11. The van der Waals surface area contributed by atoms with Gasteiger partial charge in [-0.15, -0.1) is 0 Å². The summed E-state index contributed by atoms with van der Waals surface area (Å²) in [7, 11) is 3.16. The Bertz CT molecular complexity index is 1410. The maximum Gasteiger partial charge on any atom is 0.416 e. The van der Waals surface area contributed by atoms with Crippen LogP contribution in [0.3, 0.4) is 0 Å². The van der Waals surface area contributed by atoms with E-state index in [4.69, 9.17) is 0 Å². The van der Waals surface area contributed by atoms with E-state index in [9.17, 15) is 27.2 Å². The largest absolute Gasteiger partial charge is 0.416 e. The normalized spacial score (nSPS) is 11.4. The number of nitrogens with zero attached hydrogens (tertiary/aromatic N) is 1. The van der Waals surface area contributed by atoms with E-state index >= 15 is 0 Å². The average molecular weight is 484 g/mol. The number of rotatable bonds is 4. The van der Waals surface area contributed by atoms with E-state index in [0.29, 0.717) is 22.2 Å². The summed E-state index contributed by atoms with van der Waals surface area (Å²) in [6, 6.07) is 12.8. The average Bonchev–Trinajstić information content (AvgIpc) is 3.20. The van der Waals surface area contributed by atoms with E-state index < -0.39 is 23.6 Å². The second-order valence-electron chi connectivity index (χ2n) is 8.01. The monoisotopic (exact) mass is 484 g/mol.